The first-order valence-electron chi connectivity index (χ1n) is 13.3. The van der Waals surface area contributed by atoms with Crippen LogP contribution in [0.5, 0.6) is 0 Å². The van der Waals surface area contributed by atoms with Crippen LogP contribution in [0.3, 0.4) is 0 Å². The molecule has 1 N–H and O–H groups in total. The number of carbonyl (C=O) groups excluding carboxylic acids is 2. The Balaban J connectivity index is 1.58. The minimum absolute atomic E-state index is 0.00119. The second-order valence-electron chi connectivity index (χ2n) is 11.6. The summed E-state index contributed by atoms with van der Waals surface area (Å²) in [5, 5.41) is 9.40. The van der Waals surface area contributed by atoms with E-state index in [2.05, 4.69) is 13.8 Å². The van der Waals surface area contributed by atoms with Crippen LogP contribution in [0.15, 0.2) is 72.8 Å². The van der Waals surface area contributed by atoms with Crippen LogP contribution in [0.2, 0.25) is 0 Å². The zero-order valence-corrected chi connectivity index (χ0v) is 22.8. The second-order valence-corrected chi connectivity index (χ2v) is 11.6. The highest BCUT2D eigenvalue weighted by molar-refractivity contribution is 6.14. The number of carbonyl (C=O) groups is 2. The Hall–Kier alpha value is -3.64. The summed E-state index contributed by atoms with van der Waals surface area (Å²) >= 11 is 0. The van der Waals surface area contributed by atoms with Gasteiger partial charge in [0.2, 0.25) is 5.91 Å². The van der Waals surface area contributed by atoms with E-state index in [0.717, 1.165) is 33.6 Å². The molecule has 2 unspecified atom stereocenters. The molecule has 38 heavy (non-hydrogen) atoms. The normalized spacial score (nSPS) is 20.9. The number of fused-ring (bicyclic) bond motifs is 2. The lowest BCUT2D eigenvalue weighted by Crippen LogP contribution is -2.53. The molecule has 2 amide bonds. The molecule has 3 aromatic rings. The van der Waals surface area contributed by atoms with Crippen LogP contribution in [0.25, 0.3) is 11.1 Å². The number of anilines is 2. The summed E-state index contributed by atoms with van der Waals surface area (Å²) in [5.74, 6) is 0.0367. The minimum Gasteiger partial charge on any atom is -0.444 e. The van der Waals surface area contributed by atoms with Gasteiger partial charge in [0.05, 0.1) is 23.8 Å². The lowest BCUT2D eigenvalue weighted by Gasteiger charge is -2.37. The first kappa shape index (κ1) is 26.0. The van der Waals surface area contributed by atoms with Gasteiger partial charge < -0.3 is 14.7 Å². The summed E-state index contributed by atoms with van der Waals surface area (Å²) in [5.41, 5.74) is 4.01. The van der Waals surface area contributed by atoms with Crippen LogP contribution in [0, 0.1) is 5.92 Å². The van der Waals surface area contributed by atoms with Gasteiger partial charge in [0.15, 0.2) is 0 Å². The standard InChI is InChI=1S/C32H36N2O4/c1-21(2)28-32(17-18-33(28)30(37)38-31(3,4)5)26-11-6-7-12-27(26)34(29(32)36)25-10-8-9-24(19-25)23-15-13-22(20-35)14-16-23/h6-16,19,21,28,35H,17-18,20H2,1-5H3. The van der Waals surface area contributed by atoms with Gasteiger partial charge >= 0.3 is 6.09 Å². The van der Waals surface area contributed by atoms with Crippen LogP contribution in [0.1, 0.15) is 52.2 Å². The maximum Gasteiger partial charge on any atom is 0.410 e. The monoisotopic (exact) mass is 512 g/mol. The molecular weight excluding hydrogens is 476 g/mol. The molecule has 198 valence electrons. The molecule has 3 aromatic carbocycles. The summed E-state index contributed by atoms with van der Waals surface area (Å²) in [6.07, 6.45) is 0.175. The van der Waals surface area contributed by atoms with Gasteiger partial charge in [0.25, 0.3) is 0 Å². The van der Waals surface area contributed by atoms with Crippen LogP contribution >= 0.6 is 0 Å². The molecular formula is C32H36N2O4. The quantitative estimate of drug-likeness (QED) is 0.438. The Morgan fingerprint density at radius 1 is 1.03 bits per heavy atom. The van der Waals surface area contributed by atoms with Crippen molar-refractivity contribution >= 4 is 23.4 Å². The van der Waals surface area contributed by atoms with Crippen molar-refractivity contribution in [1.29, 1.82) is 0 Å². The van der Waals surface area contributed by atoms with Crippen molar-refractivity contribution in [2.75, 3.05) is 11.4 Å². The summed E-state index contributed by atoms with van der Waals surface area (Å²) < 4.78 is 5.77. The van der Waals surface area contributed by atoms with E-state index >= 15 is 0 Å². The Morgan fingerprint density at radius 3 is 2.39 bits per heavy atom. The van der Waals surface area contributed by atoms with Gasteiger partial charge in [-0.05, 0) is 73.6 Å². The van der Waals surface area contributed by atoms with Crippen molar-refractivity contribution in [3.63, 3.8) is 0 Å². The molecule has 0 aliphatic carbocycles. The Kier molecular flexibility index (Phi) is 6.56. The topological polar surface area (TPSA) is 70.1 Å². The number of para-hydroxylation sites is 1. The summed E-state index contributed by atoms with van der Waals surface area (Å²) in [4.78, 5) is 31.5. The molecule has 1 saturated heterocycles. The van der Waals surface area contributed by atoms with Crippen molar-refractivity contribution < 1.29 is 19.4 Å². The third-order valence-electron chi connectivity index (χ3n) is 7.63. The van der Waals surface area contributed by atoms with Gasteiger partial charge in [-0.15, -0.1) is 0 Å². The Labute approximate surface area is 224 Å². The zero-order valence-electron chi connectivity index (χ0n) is 22.8. The lowest BCUT2D eigenvalue weighted by atomic mass is 9.71. The molecule has 6 nitrogen and oxygen atoms in total. The van der Waals surface area contributed by atoms with E-state index < -0.39 is 11.0 Å². The largest absolute Gasteiger partial charge is 0.444 e. The number of aliphatic hydroxyl groups is 1. The van der Waals surface area contributed by atoms with E-state index in [1.165, 1.54) is 0 Å². The van der Waals surface area contributed by atoms with E-state index in [1.54, 1.807) is 4.90 Å². The van der Waals surface area contributed by atoms with Crippen LogP contribution in [-0.4, -0.2) is 40.2 Å². The highest BCUT2D eigenvalue weighted by atomic mass is 16.6. The second kappa shape index (κ2) is 9.59. The average molecular weight is 513 g/mol. The fraction of sp³-hybridized carbons (Fsp3) is 0.375. The van der Waals surface area contributed by atoms with Gasteiger partial charge in [-0.1, -0.05) is 68.4 Å². The van der Waals surface area contributed by atoms with Crippen molar-refractivity contribution in [3.8, 4) is 11.1 Å². The number of nitrogens with zero attached hydrogens (tertiary/aromatic N) is 2. The molecule has 5 rings (SSSR count). The predicted molar refractivity (Wildman–Crippen MR) is 149 cm³/mol. The van der Waals surface area contributed by atoms with Crippen molar-refractivity contribution in [1.82, 2.24) is 4.90 Å². The number of rotatable bonds is 4. The van der Waals surface area contributed by atoms with Crippen molar-refractivity contribution in [2.45, 2.75) is 64.7 Å². The number of benzene rings is 3. The molecule has 0 aromatic heterocycles. The van der Waals surface area contributed by atoms with Crippen molar-refractivity contribution in [2.24, 2.45) is 5.92 Å². The molecule has 2 atom stereocenters. The van der Waals surface area contributed by atoms with Crippen LogP contribution in [-0.2, 0) is 21.6 Å². The number of amides is 2. The van der Waals surface area contributed by atoms with Gasteiger partial charge in [0, 0.05) is 12.2 Å². The molecule has 0 radical (unpaired) electrons. The number of likely N-dealkylation sites (tertiary alicyclic amines) is 1. The molecule has 1 fully saturated rings. The van der Waals surface area contributed by atoms with Gasteiger partial charge in [-0.2, -0.15) is 0 Å². The van der Waals surface area contributed by atoms with Crippen molar-refractivity contribution in [3.05, 3.63) is 83.9 Å². The SMILES string of the molecule is CC(C)C1N(C(=O)OC(C)(C)C)CCC12C(=O)N(c1cccc(-c3ccc(CO)cc3)c1)c1ccccc12. The number of hydrogen-bond acceptors (Lipinski definition) is 4. The smallest absolute Gasteiger partial charge is 0.410 e. The van der Waals surface area contributed by atoms with Gasteiger partial charge in [0.1, 0.15) is 5.60 Å². The van der Waals surface area contributed by atoms with E-state index in [4.69, 9.17) is 4.74 Å². The van der Waals surface area contributed by atoms with E-state index in [9.17, 15) is 14.7 Å². The first-order chi connectivity index (χ1) is 18.1. The molecule has 0 bridgehead atoms. The van der Waals surface area contributed by atoms with Gasteiger partial charge in [-0.3, -0.25) is 9.69 Å². The summed E-state index contributed by atoms with van der Waals surface area (Å²) in [7, 11) is 0. The van der Waals surface area contributed by atoms with Crippen LogP contribution < -0.4 is 4.90 Å². The average Bonchev–Trinajstić information content (AvgIpc) is 3.41. The molecule has 2 heterocycles. The number of aliphatic hydroxyl groups excluding tert-OH is 1. The van der Waals surface area contributed by atoms with E-state index in [-0.39, 0.29) is 30.6 Å². The predicted octanol–water partition coefficient (Wildman–Crippen LogP) is 6.43. The molecule has 2 aliphatic rings. The number of hydrogen-bond donors (Lipinski definition) is 1. The lowest BCUT2D eigenvalue weighted by molar-refractivity contribution is -0.123. The Bertz CT molecular complexity index is 1360. The molecule has 1 spiro atoms. The molecule has 6 heteroatoms. The first-order valence-corrected chi connectivity index (χ1v) is 13.3. The maximum absolute atomic E-state index is 14.6. The third-order valence-corrected chi connectivity index (χ3v) is 7.63. The minimum atomic E-state index is -0.847. The fourth-order valence-corrected chi connectivity index (χ4v) is 6.19. The fourth-order valence-electron chi connectivity index (χ4n) is 6.19. The summed E-state index contributed by atoms with van der Waals surface area (Å²) in [6, 6.07) is 23.4. The van der Waals surface area contributed by atoms with Crippen LogP contribution in [0.4, 0.5) is 16.2 Å². The Morgan fingerprint density at radius 2 is 1.74 bits per heavy atom. The third kappa shape index (κ3) is 4.27. The summed E-state index contributed by atoms with van der Waals surface area (Å²) in [6.45, 7) is 10.2. The van der Waals surface area contributed by atoms with E-state index in [0.29, 0.717) is 13.0 Å². The molecule has 0 saturated carbocycles. The maximum atomic E-state index is 14.6. The van der Waals surface area contributed by atoms with Gasteiger partial charge in [-0.25, -0.2) is 4.79 Å². The van der Waals surface area contributed by atoms with E-state index in [1.807, 2.05) is 98.5 Å². The molecule has 2 aliphatic heterocycles. The zero-order chi connectivity index (χ0) is 27.2. The number of ether oxygens (including phenoxy) is 1. The highest BCUT2D eigenvalue weighted by Gasteiger charge is 2.62. The highest BCUT2D eigenvalue weighted by Crippen LogP contribution is 2.54.